The standard InChI is InChI=1S/C23H29ClF2O5/c24-16-4-2-5-17(11-16)31-14-23(25,26)10-9-18-19-8-7-15(3-1-6-22(28)29)13-30-21(19)12-20(18)27/h2,4-5,9-11,15,18-21,27H,1,3,6-8,12-14H2,(H,28,29)/t15-,18+,19+,20+,21-/m0/s1. The average Bonchev–Trinajstić information content (AvgIpc) is 2.87. The zero-order valence-electron chi connectivity index (χ0n) is 17.3. The fourth-order valence-electron chi connectivity index (χ4n) is 4.52. The lowest BCUT2D eigenvalue weighted by Gasteiger charge is -2.21. The molecule has 1 aliphatic carbocycles. The number of aliphatic hydroxyl groups excluding tert-OH is 1. The van der Waals surface area contributed by atoms with E-state index in [1.54, 1.807) is 18.2 Å². The van der Waals surface area contributed by atoms with Crippen molar-refractivity contribution in [3.63, 3.8) is 0 Å². The lowest BCUT2D eigenvalue weighted by atomic mass is 9.86. The molecule has 0 amide bonds. The van der Waals surface area contributed by atoms with Gasteiger partial charge in [0.15, 0.2) is 6.61 Å². The lowest BCUT2D eigenvalue weighted by Crippen LogP contribution is -2.25. The van der Waals surface area contributed by atoms with Crippen LogP contribution in [0.1, 0.15) is 38.5 Å². The number of hydrogen-bond donors (Lipinski definition) is 2. The first-order valence-corrected chi connectivity index (χ1v) is 11.1. The molecule has 5 atom stereocenters. The third-order valence-electron chi connectivity index (χ3n) is 6.14. The molecule has 1 saturated heterocycles. The summed E-state index contributed by atoms with van der Waals surface area (Å²) in [7, 11) is 0. The summed E-state index contributed by atoms with van der Waals surface area (Å²) < 4.78 is 39.9. The van der Waals surface area contributed by atoms with Gasteiger partial charge in [0.2, 0.25) is 0 Å². The molecule has 31 heavy (non-hydrogen) atoms. The third-order valence-corrected chi connectivity index (χ3v) is 6.37. The smallest absolute Gasteiger partial charge is 0.303 e. The van der Waals surface area contributed by atoms with Crippen LogP contribution in [0.15, 0.2) is 36.4 Å². The van der Waals surface area contributed by atoms with Gasteiger partial charge in [-0.25, -0.2) is 0 Å². The Balaban J connectivity index is 1.54. The van der Waals surface area contributed by atoms with Crippen LogP contribution in [-0.2, 0) is 9.53 Å². The minimum absolute atomic E-state index is 0.0274. The van der Waals surface area contributed by atoms with E-state index in [2.05, 4.69) is 0 Å². The zero-order valence-corrected chi connectivity index (χ0v) is 18.0. The van der Waals surface area contributed by atoms with E-state index in [0.29, 0.717) is 24.5 Å². The molecule has 1 aliphatic heterocycles. The van der Waals surface area contributed by atoms with Crippen molar-refractivity contribution in [2.24, 2.45) is 17.8 Å². The molecule has 2 fully saturated rings. The first-order valence-electron chi connectivity index (χ1n) is 10.7. The van der Waals surface area contributed by atoms with Gasteiger partial charge < -0.3 is 19.7 Å². The van der Waals surface area contributed by atoms with Crippen LogP contribution in [0.25, 0.3) is 0 Å². The summed E-state index contributed by atoms with van der Waals surface area (Å²) in [6, 6.07) is 6.30. The molecule has 5 nitrogen and oxygen atoms in total. The van der Waals surface area contributed by atoms with Gasteiger partial charge in [-0.3, -0.25) is 4.79 Å². The van der Waals surface area contributed by atoms with Crippen LogP contribution in [0, 0.1) is 17.8 Å². The van der Waals surface area contributed by atoms with E-state index in [9.17, 15) is 18.7 Å². The minimum atomic E-state index is -3.19. The maximum atomic E-state index is 14.4. The van der Waals surface area contributed by atoms with E-state index in [-0.39, 0.29) is 30.1 Å². The van der Waals surface area contributed by atoms with Crippen LogP contribution in [-0.4, -0.2) is 47.5 Å². The summed E-state index contributed by atoms with van der Waals surface area (Å²) in [5, 5.41) is 19.6. The Morgan fingerprint density at radius 1 is 1.35 bits per heavy atom. The monoisotopic (exact) mass is 458 g/mol. The maximum absolute atomic E-state index is 14.4. The van der Waals surface area contributed by atoms with E-state index >= 15 is 0 Å². The van der Waals surface area contributed by atoms with Gasteiger partial charge in [0.25, 0.3) is 5.92 Å². The number of alkyl halides is 2. The highest BCUT2D eigenvalue weighted by Gasteiger charge is 2.44. The van der Waals surface area contributed by atoms with Crippen LogP contribution < -0.4 is 4.74 Å². The van der Waals surface area contributed by atoms with Crippen LogP contribution in [0.2, 0.25) is 5.02 Å². The van der Waals surface area contributed by atoms with E-state index in [1.807, 2.05) is 0 Å². The first-order chi connectivity index (χ1) is 14.7. The molecule has 2 N–H and O–H groups in total. The highest BCUT2D eigenvalue weighted by Crippen LogP contribution is 2.42. The molecule has 1 heterocycles. The number of halogens is 3. The van der Waals surface area contributed by atoms with Crippen molar-refractivity contribution >= 4 is 17.6 Å². The predicted octanol–water partition coefficient (Wildman–Crippen LogP) is 4.96. The Hall–Kier alpha value is -1.70. The number of hydrogen-bond acceptors (Lipinski definition) is 4. The Kier molecular flexibility index (Phi) is 8.30. The largest absolute Gasteiger partial charge is 0.487 e. The van der Waals surface area contributed by atoms with Gasteiger partial charge in [0, 0.05) is 30.4 Å². The van der Waals surface area contributed by atoms with E-state index in [4.69, 9.17) is 26.2 Å². The van der Waals surface area contributed by atoms with Gasteiger partial charge in [-0.1, -0.05) is 23.7 Å². The number of aliphatic hydroxyl groups is 1. The van der Waals surface area contributed by atoms with Crippen molar-refractivity contribution in [1.29, 1.82) is 0 Å². The van der Waals surface area contributed by atoms with Crippen molar-refractivity contribution in [2.75, 3.05) is 13.2 Å². The number of rotatable bonds is 9. The van der Waals surface area contributed by atoms with E-state index in [0.717, 1.165) is 25.3 Å². The van der Waals surface area contributed by atoms with E-state index in [1.165, 1.54) is 12.1 Å². The Labute approximate surface area is 186 Å². The minimum Gasteiger partial charge on any atom is -0.487 e. The maximum Gasteiger partial charge on any atom is 0.303 e. The summed E-state index contributed by atoms with van der Waals surface area (Å²) in [5.74, 6) is -3.89. The summed E-state index contributed by atoms with van der Waals surface area (Å²) in [5.41, 5.74) is 0. The first kappa shape index (κ1) is 24.0. The molecule has 0 spiro atoms. The van der Waals surface area contributed by atoms with Gasteiger partial charge in [0.05, 0.1) is 12.2 Å². The Morgan fingerprint density at radius 2 is 2.16 bits per heavy atom. The number of carbonyl (C=O) groups is 1. The molecule has 1 saturated carbocycles. The lowest BCUT2D eigenvalue weighted by molar-refractivity contribution is -0.137. The summed E-state index contributed by atoms with van der Waals surface area (Å²) in [6.45, 7) is -0.295. The van der Waals surface area contributed by atoms with Crippen LogP contribution in [0.4, 0.5) is 8.78 Å². The number of aliphatic carboxylic acids is 1. The topological polar surface area (TPSA) is 76.0 Å². The molecule has 1 aromatic carbocycles. The number of fused-ring (bicyclic) bond motifs is 1. The fourth-order valence-corrected chi connectivity index (χ4v) is 4.70. The Bertz CT molecular complexity index is 772. The van der Waals surface area contributed by atoms with Crippen molar-refractivity contribution in [2.45, 2.75) is 56.7 Å². The molecule has 2 aliphatic rings. The molecule has 0 aromatic heterocycles. The number of ether oxygens (including phenoxy) is 2. The van der Waals surface area contributed by atoms with Crippen molar-refractivity contribution < 1.29 is 33.3 Å². The van der Waals surface area contributed by atoms with Crippen molar-refractivity contribution in [1.82, 2.24) is 0 Å². The second-order valence-electron chi connectivity index (χ2n) is 8.51. The van der Waals surface area contributed by atoms with Gasteiger partial charge in [-0.05, 0) is 61.8 Å². The molecule has 0 radical (unpaired) electrons. The second kappa shape index (κ2) is 10.7. The molecular weight excluding hydrogens is 430 g/mol. The summed E-state index contributed by atoms with van der Waals surface area (Å²) in [6.07, 6.45) is 4.88. The van der Waals surface area contributed by atoms with Gasteiger partial charge in [0.1, 0.15) is 5.75 Å². The van der Waals surface area contributed by atoms with Gasteiger partial charge in [-0.2, -0.15) is 8.78 Å². The van der Waals surface area contributed by atoms with E-state index < -0.39 is 30.5 Å². The third kappa shape index (κ3) is 7.16. The van der Waals surface area contributed by atoms with Crippen molar-refractivity contribution in [3.05, 3.63) is 41.4 Å². The molecular formula is C23H29ClF2O5. The molecule has 172 valence electrons. The highest BCUT2D eigenvalue weighted by atomic mass is 35.5. The van der Waals surface area contributed by atoms with Crippen LogP contribution in [0.5, 0.6) is 5.75 Å². The van der Waals surface area contributed by atoms with Crippen LogP contribution in [0.3, 0.4) is 0 Å². The number of benzene rings is 1. The number of carboxylic acids is 1. The van der Waals surface area contributed by atoms with Crippen molar-refractivity contribution in [3.8, 4) is 5.75 Å². The summed E-state index contributed by atoms with van der Waals surface area (Å²) in [4.78, 5) is 10.7. The molecule has 3 rings (SSSR count). The van der Waals surface area contributed by atoms with Gasteiger partial charge >= 0.3 is 5.97 Å². The normalized spacial score (nSPS) is 29.0. The molecule has 0 bridgehead atoms. The molecule has 8 heteroatoms. The van der Waals surface area contributed by atoms with Gasteiger partial charge in [-0.15, -0.1) is 0 Å². The summed E-state index contributed by atoms with van der Waals surface area (Å²) >= 11 is 5.84. The molecule has 0 unspecified atom stereocenters. The predicted molar refractivity (Wildman–Crippen MR) is 113 cm³/mol. The van der Waals surface area contributed by atoms with Crippen LogP contribution >= 0.6 is 11.6 Å². The highest BCUT2D eigenvalue weighted by molar-refractivity contribution is 6.30. The zero-order chi connectivity index (χ0) is 22.4. The number of carboxylic acid groups (broad SMARTS) is 1. The Morgan fingerprint density at radius 3 is 2.90 bits per heavy atom. The SMILES string of the molecule is O=C(O)CCC[C@H]1CC[C@@H]2[C@@H](C=CC(F)(F)COc3cccc(Cl)c3)[C@H](O)C[C@@H]2OC1. The second-order valence-corrected chi connectivity index (χ2v) is 8.95. The molecule has 1 aromatic rings. The average molecular weight is 459 g/mol. The fraction of sp³-hybridized carbons (Fsp3) is 0.609. The quantitative estimate of drug-likeness (QED) is 0.512.